The Morgan fingerprint density at radius 3 is 2.26 bits per heavy atom. The zero-order valence-electron chi connectivity index (χ0n) is 19.9. The Hall–Kier alpha value is -2.91. The molecule has 1 atom stereocenters. The van der Waals surface area contributed by atoms with Crippen molar-refractivity contribution in [1.29, 1.82) is 0 Å². The van der Waals surface area contributed by atoms with Crippen molar-refractivity contribution < 1.29 is 22.7 Å². The van der Waals surface area contributed by atoms with Crippen molar-refractivity contribution in [3.8, 4) is 5.75 Å². The van der Waals surface area contributed by atoms with E-state index in [0.717, 1.165) is 11.3 Å². The van der Waals surface area contributed by atoms with E-state index in [4.69, 9.17) is 4.74 Å². The number of amides is 2. The number of sulfonamides is 1. The van der Waals surface area contributed by atoms with E-state index in [1.54, 1.807) is 29.2 Å². The largest absolute Gasteiger partial charge is 0.493 e. The summed E-state index contributed by atoms with van der Waals surface area (Å²) >= 11 is 0. The minimum absolute atomic E-state index is 0.0379. The molecule has 1 N–H and O–H groups in total. The quantitative estimate of drug-likeness (QED) is 0.587. The molecule has 1 aliphatic heterocycles. The monoisotopic (exact) mass is 487 g/mol. The van der Waals surface area contributed by atoms with E-state index in [1.165, 1.54) is 18.4 Å². The minimum Gasteiger partial charge on any atom is -0.493 e. The SMILES string of the molecule is CC(NC(=O)C1CCN(C(=O)CCOc2ccccc2)CC1)c1ccc(S(=O)(=O)N(C)C)cc1. The van der Waals surface area contributed by atoms with Crippen LogP contribution in [0.5, 0.6) is 5.75 Å². The maximum atomic E-state index is 12.8. The van der Waals surface area contributed by atoms with Gasteiger partial charge >= 0.3 is 0 Å². The lowest BCUT2D eigenvalue weighted by molar-refractivity contribution is -0.136. The summed E-state index contributed by atoms with van der Waals surface area (Å²) in [5.74, 6) is 0.585. The third kappa shape index (κ3) is 6.57. The van der Waals surface area contributed by atoms with Crippen molar-refractivity contribution in [3.05, 3.63) is 60.2 Å². The molecular weight excluding hydrogens is 454 g/mol. The Labute approximate surface area is 201 Å². The van der Waals surface area contributed by atoms with Gasteiger partial charge in [0.05, 0.1) is 24.0 Å². The van der Waals surface area contributed by atoms with Crippen molar-refractivity contribution in [2.24, 2.45) is 5.92 Å². The number of hydrogen-bond acceptors (Lipinski definition) is 5. The summed E-state index contributed by atoms with van der Waals surface area (Å²) in [7, 11) is -0.507. The molecule has 1 fully saturated rings. The van der Waals surface area contributed by atoms with Crippen molar-refractivity contribution >= 4 is 21.8 Å². The van der Waals surface area contributed by atoms with Gasteiger partial charge in [-0.05, 0) is 49.6 Å². The van der Waals surface area contributed by atoms with Crippen LogP contribution in [0.4, 0.5) is 0 Å². The van der Waals surface area contributed by atoms with Gasteiger partial charge in [0.2, 0.25) is 21.8 Å². The lowest BCUT2D eigenvalue weighted by Crippen LogP contribution is -2.43. The molecule has 2 aromatic carbocycles. The minimum atomic E-state index is -3.49. The number of carbonyl (C=O) groups is 2. The molecule has 2 aromatic rings. The van der Waals surface area contributed by atoms with Crippen molar-refractivity contribution in [3.63, 3.8) is 0 Å². The maximum Gasteiger partial charge on any atom is 0.242 e. The van der Waals surface area contributed by atoms with Gasteiger partial charge < -0.3 is 15.0 Å². The normalized spacial score (nSPS) is 15.7. The van der Waals surface area contributed by atoms with Crippen LogP contribution in [0.3, 0.4) is 0 Å². The van der Waals surface area contributed by atoms with Gasteiger partial charge in [-0.25, -0.2) is 12.7 Å². The molecule has 9 heteroatoms. The number of likely N-dealkylation sites (tertiary alicyclic amines) is 1. The van der Waals surface area contributed by atoms with Crippen LogP contribution in [0, 0.1) is 5.92 Å². The second kappa shape index (κ2) is 11.5. The first kappa shape index (κ1) is 25.7. The number of piperidine rings is 1. The molecule has 1 heterocycles. The number of benzene rings is 2. The van der Waals surface area contributed by atoms with Gasteiger partial charge in [-0.1, -0.05) is 30.3 Å². The summed E-state index contributed by atoms with van der Waals surface area (Å²) in [6.07, 6.45) is 1.54. The Morgan fingerprint density at radius 1 is 1.06 bits per heavy atom. The zero-order chi connectivity index (χ0) is 24.7. The fraction of sp³-hybridized carbons (Fsp3) is 0.440. The van der Waals surface area contributed by atoms with Crippen LogP contribution in [-0.4, -0.2) is 63.2 Å². The van der Waals surface area contributed by atoms with Crippen LogP contribution in [0.15, 0.2) is 59.5 Å². The summed E-state index contributed by atoms with van der Waals surface area (Å²) in [4.78, 5) is 27.2. The molecule has 184 valence electrons. The molecule has 8 nitrogen and oxygen atoms in total. The average Bonchev–Trinajstić information content (AvgIpc) is 2.84. The number of carbonyl (C=O) groups excluding carboxylic acids is 2. The van der Waals surface area contributed by atoms with Crippen LogP contribution in [0.2, 0.25) is 0 Å². The molecule has 1 saturated heterocycles. The molecule has 2 amide bonds. The number of hydrogen-bond donors (Lipinski definition) is 1. The third-order valence-electron chi connectivity index (χ3n) is 6.06. The molecule has 0 aromatic heterocycles. The Balaban J connectivity index is 1.43. The first-order chi connectivity index (χ1) is 16.2. The number of nitrogens with one attached hydrogen (secondary N) is 1. The second-order valence-corrected chi connectivity index (χ2v) is 10.8. The highest BCUT2D eigenvalue weighted by molar-refractivity contribution is 7.89. The van der Waals surface area contributed by atoms with Gasteiger partial charge in [-0.2, -0.15) is 0 Å². The standard InChI is InChI=1S/C25H33N3O5S/c1-19(20-9-11-23(12-10-20)34(31,32)27(2)3)26-25(30)21-13-16-28(17-14-21)24(29)15-18-33-22-7-5-4-6-8-22/h4-12,19,21H,13-18H2,1-3H3,(H,26,30). The van der Waals surface area contributed by atoms with Gasteiger partial charge in [-0.3, -0.25) is 9.59 Å². The fourth-order valence-electron chi connectivity index (χ4n) is 3.88. The second-order valence-electron chi connectivity index (χ2n) is 8.65. The Bertz CT molecular complexity index is 1060. The van der Waals surface area contributed by atoms with E-state index < -0.39 is 10.0 Å². The molecule has 1 aliphatic rings. The molecule has 0 spiro atoms. The van der Waals surface area contributed by atoms with Crippen molar-refractivity contribution in [2.45, 2.75) is 37.1 Å². The van der Waals surface area contributed by atoms with Gasteiger partial charge in [-0.15, -0.1) is 0 Å². The first-order valence-corrected chi connectivity index (χ1v) is 12.9. The Kier molecular flexibility index (Phi) is 8.68. The molecule has 0 radical (unpaired) electrons. The highest BCUT2D eigenvalue weighted by atomic mass is 32.2. The van der Waals surface area contributed by atoms with Crippen LogP contribution >= 0.6 is 0 Å². The molecule has 34 heavy (non-hydrogen) atoms. The van der Waals surface area contributed by atoms with E-state index in [1.807, 2.05) is 37.3 Å². The van der Waals surface area contributed by atoms with E-state index in [0.29, 0.717) is 39.0 Å². The van der Waals surface area contributed by atoms with Gasteiger partial charge in [0, 0.05) is 33.1 Å². The topological polar surface area (TPSA) is 96.0 Å². The Morgan fingerprint density at radius 2 is 1.68 bits per heavy atom. The lowest BCUT2D eigenvalue weighted by Gasteiger charge is -2.32. The maximum absolute atomic E-state index is 12.8. The van der Waals surface area contributed by atoms with Gasteiger partial charge in [0.1, 0.15) is 5.75 Å². The highest BCUT2D eigenvalue weighted by Crippen LogP contribution is 2.22. The number of nitrogens with zero attached hydrogens (tertiary/aromatic N) is 2. The number of ether oxygens (including phenoxy) is 1. The van der Waals surface area contributed by atoms with E-state index in [-0.39, 0.29) is 28.7 Å². The predicted octanol–water partition coefficient (Wildman–Crippen LogP) is 2.82. The molecule has 3 rings (SSSR count). The van der Waals surface area contributed by atoms with Crippen LogP contribution in [0.25, 0.3) is 0 Å². The molecule has 0 aliphatic carbocycles. The molecule has 0 saturated carbocycles. The van der Waals surface area contributed by atoms with Crippen LogP contribution < -0.4 is 10.1 Å². The summed E-state index contributed by atoms with van der Waals surface area (Å²) in [5, 5.41) is 3.02. The number of para-hydroxylation sites is 1. The third-order valence-corrected chi connectivity index (χ3v) is 7.89. The summed E-state index contributed by atoms with van der Waals surface area (Å²) in [5.41, 5.74) is 0.831. The average molecular weight is 488 g/mol. The lowest BCUT2D eigenvalue weighted by atomic mass is 9.95. The smallest absolute Gasteiger partial charge is 0.242 e. The molecular formula is C25H33N3O5S. The van der Waals surface area contributed by atoms with Crippen molar-refractivity contribution in [1.82, 2.24) is 14.5 Å². The highest BCUT2D eigenvalue weighted by Gasteiger charge is 2.28. The van der Waals surface area contributed by atoms with E-state index in [2.05, 4.69) is 5.32 Å². The fourth-order valence-corrected chi connectivity index (χ4v) is 4.78. The van der Waals surface area contributed by atoms with Crippen molar-refractivity contribution in [2.75, 3.05) is 33.8 Å². The first-order valence-electron chi connectivity index (χ1n) is 11.5. The summed E-state index contributed by atoms with van der Waals surface area (Å²) in [6.45, 7) is 3.30. The summed E-state index contributed by atoms with van der Waals surface area (Å²) < 4.78 is 31.2. The predicted molar refractivity (Wildman–Crippen MR) is 130 cm³/mol. The van der Waals surface area contributed by atoms with Gasteiger partial charge in [0.15, 0.2) is 0 Å². The zero-order valence-corrected chi connectivity index (χ0v) is 20.8. The van der Waals surface area contributed by atoms with Gasteiger partial charge in [0.25, 0.3) is 0 Å². The summed E-state index contributed by atoms with van der Waals surface area (Å²) in [6, 6.07) is 15.7. The van der Waals surface area contributed by atoms with E-state index >= 15 is 0 Å². The van der Waals surface area contributed by atoms with Crippen LogP contribution in [-0.2, 0) is 19.6 Å². The molecule has 1 unspecified atom stereocenters. The van der Waals surface area contributed by atoms with Crippen LogP contribution in [0.1, 0.15) is 37.8 Å². The molecule has 0 bridgehead atoms. The number of rotatable bonds is 9. The van der Waals surface area contributed by atoms with E-state index in [9.17, 15) is 18.0 Å².